The Hall–Kier alpha value is -0.620. The molecule has 20 heavy (non-hydrogen) atoms. The zero-order chi connectivity index (χ0) is 15.0. The van der Waals surface area contributed by atoms with Gasteiger partial charge in [-0.15, -0.1) is 0 Å². The van der Waals surface area contributed by atoms with Gasteiger partial charge in [0.05, 0.1) is 12.6 Å². The molecule has 0 bridgehead atoms. The summed E-state index contributed by atoms with van der Waals surface area (Å²) in [5.74, 6) is 1.42. The summed E-state index contributed by atoms with van der Waals surface area (Å²) in [7, 11) is -0.834. The molecule has 0 aromatic rings. The molecule has 0 amide bonds. The molecule has 0 aliphatic carbocycles. The first-order valence-electron chi connectivity index (χ1n) is 7.45. The van der Waals surface area contributed by atoms with Crippen LogP contribution in [-0.4, -0.2) is 53.0 Å². The Morgan fingerprint density at radius 2 is 2.15 bits per heavy atom. The number of nitrogens with zero attached hydrogens (tertiary/aromatic N) is 1. The van der Waals surface area contributed by atoms with Crippen LogP contribution in [0, 0.1) is 0 Å². The van der Waals surface area contributed by atoms with Crippen LogP contribution in [0.4, 0.5) is 0 Å². The molecule has 1 aliphatic heterocycles. The SMILES string of the molecule is CCNC(=NCC1CCCO1)NCCS(=O)C(C)(C)C. The number of aliphatic imine (C=N–C) groups is 1. The predicted molar refractivity (Wildman–Crippen MR) is 85.7 cm³/mol. The molecule has 0 spiro atoms. The fourth-order valence-electron chi connectivity index (χ4n) is 1.89. The number of rotatable bonds is 6. The quantitative estimate of drug-likeness (QED) is 0.573. The molecule has 2 atom stereocenters. The third-order valence-corrected chi connectivity index (χ3v) is 5.03. The molecule has 1 fully saturated rings. The summed E-state index contributed by atoms with van der Waals surface area (Å²) < 4.78 is 17.4. The van der Waals surface area contributed by atoms with Crippen molar-refractivity contribution in [3.63, 3.8) is 0 Å². The minimum Gasteiger partial charge on any atom is -0.376 e. The van der Waals surface area contributed by atoms with Crippen molar-refractivity contribution >= 4 is 16.8 Å². The molecule has 118 valence electrons. The van der Waals surface area contributed by atoms with Gasteiger partial charge in [0, 0.05) is 41.0 Å². The highest BCUT2D eigenvalue weighted by Crippen LogP contribution is 2.12. The Labute approximate surface area is 125 Å². The highest BCUT2D eigenvalue weighted by Gasteiger charge is 2.19. The van der Waals surface area contributed by atoms with Crippen molar-refractivity contribution in [3.05, 3.63) is 0 Å². The van der Waals surface area contributed by atoms with Crippen molar-refractivity contribution in [1.82, 2.24) is 10.6 Å². The maximum atomic E-state index is 12.0. The lowest BCUT2D eigenvalue weighted by Crippen LogP contribution is -2.40. The van der Waals surface area contributed by atoms with E-state index in [-0.39, 0.29) is 10.9 Å². The van der Waals surface area contributed by atoms with Crippen LogP contribution in [0.2, 0.25) is 0 Å². The summed E-state index contributed by atoms with van der Waals surface area (Å²) in [6.07, 6.45) is 2.49. The minimum atomic E-state index is -0.834. The molecule has 5 nitrogen and oxygen atoms in total. The van der Waals surface area contributed by atoms with Crippen LogP contribution in [0.15, 0.2) is 4.99 Å². The van der Waals surface area contributed by atoms with Crippen molar-refractivity contribution in [2.24, 2.45) is 4.99 Å². The van der Waals surface area contributed by atoms with Gasteiger partial charge in [0.1, 0.15) is 0 Å². The largest absolute Gasteiger partial charge is 0.376 e. The molecule has 0 radical (unpaired) electrons. The van der Waals surface area contributed by atoms with Gasteiger partial charge >= 0.3 is 0 Å². The van der Waals surface area contributed by atoms with Crippen molar-refractivity contribution in [3.8, 4) is 0 Å². The Bertz CT molecular complexity index is 334. The van der Waals surface area contributed by atoms with E-state index in [4.69, 9.17) is 4.74 Å². The van der Waals surface area contributed by atoms with Crippen LogP contribution in [0.5, 0.6) is 0 Å². The molecule has 1 heterocycles. The highest BCUT2D eigenvalue weighted by molar-refractivity contribution is 7.86. The summed E-state index contributed by atoms with van der Waals surface area (Å²) in [6, 6.07) is 0. The Morgan fingerprint density at radius 1 is 1.40 bits per heavy atom. The number of guanidine groups is 1. The lowest BCUT2D eigenvalue weighted by atomic mass is 10.2. The predicted octanol–water partition coefficient (Wildman–Crippen LogP) is 1.27. The molecular formula is C14H29N3O2S. The molecule has 1 aliphatic rings. The molecule has 2 N–H and O–H groups in total. The fraction of sp³-hybridized carbons (Fsp3) is 0.929. The van der Waals surface area contributed by atoms with Crippen LogP contribution >= 0.6 is 0 Å². The van der Waals surface area contributed by atoms with Crippen molar-refractivity contribution in [2.75, 3.05) is 32.0 Å². The zero-order valence-electron chi connectivity index (χ0n) is 13.2. The number of nitrogens with one attached hydrogen (secondary N) is 2. The summed E-state index contributed by atoms with van der Waals surface area (Å²) in [5.41, 5.74) is 0. The van der Waals surface area contributed by atoms with Gasteiger partial charge in [-0.2, -0.15) is 0 Å². The summed E-state index contributed by atoms with van der Waals surface area (Å²) in [5, 5.41) is 6.44. The van der Waals surface area contributed by atoms with Crippen LogP contribution in [0.1, 0.15) is 40.5 Å². The van der Waals surface area contributed by atoms with E-state index in [2.05, 4.69) is 15.6 Å². The maximum Gasteiger partial charge on any atom is 0.191 e. The fourth-order valence-corrected chi connectivity index (χ4v) is 2.79. The van der Waals surface area contributed by atoms with Gasteiger partial charge in [-0.1, -0.05) is 0 Å². The molecule has 0 aromatic heterocycles. The van der Waals surface area contributed by atoms with E-state index < -0.39 is 10.8 Å². The van der Waals surface area contributed by atoms with Gasteiger partial charge in [0.15, 0.2) is 5.96 Å². The van der Waals surface area contributed by atoms with E-state index in [1.807, 2.05) is 27.7 Å². The lowest BCUT2D eigenvalue weighted by molar-refractivity contribution is 0.117. The smallest absolute Gasteiger partial charge is 0.191 e. The van der Waals surface area contributed by atoms with Crippen LogP contribution in [-0.2, 0) is 15.5 Å². The monoisotopic (exact) mass is 303 g/mol. The number of hydrogen-bond acceptors (Lipinski definition) is 3. The van der Waals surface area contributed by atoms with Gasteiger partial charge in [-0.05, 0) is 40.5 Å². The molecule has 6 heteroatoms. The average molecular weight is 303 g/mol. The van der Waals surface area contributed by atoms with E-state index in [9.17, 15) is 4.21 Å². The van der Waals surface area contributed by atoms with E-state index >= 15 is 0 Å². The van der Waals surface area contributed by atoms with Gasteiger partial charge in [0.25, 0.3) is 0 Å². The van der Waals surface area contributed by atoms with Gasteiger partial charge in [-0.3, -0.25) is 9.20 Å². The molecule has 1 saturated heterocycles. The molecule has 2 unspecified atom stereocenters. The van der Waals surface area contributed by atoms with Crippen LogP contribution in [0.25, 0.3) is 0 Å². The van der Waals surface area contributed by atoms with E-state index in [1.165, 1.54) is 0 Å². The van der Waals surface area contributed by atoms with Gasteiger partial charge in [-0.25, -0.2) is 0 Å². The number of ether oxygens (including phenoxy) is 1. The lowest BCUT2D eigenvalue weighted by Gasteiger charge is -2.18. The Kier molecular flexibility index (Phi) is 7.51. The third kappa shape index (κ3) is 6.70. The topological polar surface area (TPSA) is 62.7 Å². The third-order valence-electron chi connectivity index (χ3n) is 3.08. The minimum absolute atomic E-state index is 0.158. The maximum absolute atomic E-state index is 12.0. The summed E-state index contributed by atoms with van der Waals surface area (Å²) in [4.78, 5) is 4.52. The Balaban J connectivity index is 2.34. The van der Waals surface area contributed by atoms with E-state index in [0.29, 0.717) is 18.8 Å². The van der Waals surface area contributed by atoms with Crippen molar-refractivity contribution in [1.29, 1.82) is 0 Å². The average Bonchev–Trinajstić information content (AvgIpc) is 2.87. The highest BCUT2D eigenvalue weighted by atomic mass is 32.2. The molecule has 0 aromatic carbocycles. The first kappa shape index (κ1) is 17.4. The van der Waals surface area contributed by atoms with Crippen LogP contribution in [0.3, 0.4) is 0 Å². The van der Waals surface area contributed by atoms with Gasteiger partial charge in [0.2, 0.25) is 0 Å². The Morgan fingerprint density at radius 3 is 2.70 bits per heavy atom. The normalized spacial score (nSPS) is 21.8. The molecule has 1 rings (SSSR count). The molecule has 0 saturated carbocycles. The second kappa shape index (κ2) is 8.62. The van der Waals surface area contributed by atoms with E-state index in [0.717, 1.165) is 32.0 Å². The standard InChI is InChI=1S/C14H29N3O2S/c1-5-15-13(17-11-12-7-6-9-19-12)16-8-10-20(18)14(2,3)4/h12H,5-11H2,1-4H3,(H2,15,16,17). The van der Waals surface area contributed by atoms with Crippen molar-refractivity contribution in [2.45, 2.75) is 51.4 Å². The second-order valence-corrected chi connectivity index (χ2v) is 8.27. The summed E-state index contributed by atoms with van der Waals surface area (Å²) in [6.45, 7) is 11.1. The summed E-state index contributed by atoms with van der Waals surface area (Å²) >= 11 is 0. The second-order valence-electron chi connectivity index (χ2n) is 5.94. The first-order chi connectivity index (χ1) is 9.43. The van der Waals surface area contributed by atoms with E-state index in [1.54, 1.807) is 0 Å². The van der Waals surface area contributed by atoms with Gasteiger partial charge < -0.3 is 15.4 Å². The van der Waals surface area contributed by atoms with Crippen LogP contribution < -0.4 is 10.6 Å². The zero-order valence-corrected chi connectivity index (χ0v) is 14.0. The van der Waals surface area contributed by atoms with Crippen molar-refractivity contribution < 1.29 is 8.95 Å². The number of hydrogen-bond donors (Lipinski definition) is 2. The molecular weight excluding hydrogens is 274 g/mol. The first-order valence-corrected chi connectivity index (χ1v) is 8.77.